The number of ketones is 1. The summed E-state index contributed by atoms with van der Waals surface area (Å²) < 4.78 is 0. The number of hydrogen-bond acceptors (Lipinski definition) is 5. The lowest BCUT2D eigenvalue weighted by Gasteiger charge is -2.34. The second-order valence-corrected chi connectivity index (χ2v) is 4.61. The smallest absolute Gasteiger partial charge is 0.162 e. The lowest BCUT2D eigenvalue weighted by atomic mass is 10.1. The van der Waals surface area contributed by atoms with Gasteiger partial charge >= 0.3 is 0 Å². The number of aromatic nitrogens is 1. The summed E-state index contributed by atoms with van der Waals surface area (Å²) in [5.74, 6) is 0.841. The van der Waals surface area contributed by atoms with Gasteiger partial charge in [0.25, 0.3) is 0 Å². The molecule has 1 aliphatic heterocycles. The highest BCUT2D eigenvalue weighted by molar-refractivity contribution is 5.99. The van der Waals surface area contributed by atoms with Crippen molar-refractivity contribution in [2.75, 3.05) is 43.4 Å². The first kappa shape index (κ1) is 12.8. The van der Waals surface area contributed by atoms with Gasteiger partial charge in [0.2, 0.25) is 0 Å². The maximum absolute atomic E-state index is 11.5. The molecule has 5 heteroatoms. The maximum atomic E-state index is 11.5. The largest absolute Gasteiger partial charge is 0.397 e. The third-order valence-electron chi connectivity index (χ3n) is 3.44. The van der Waals surface area contributed by atoms with Gasteiger partial charge in [-0.15, -0.1) is 0 Å². The van der Waals surface area contributed by atoms with Crippen molar-refractivity contribution in [3.8, 4) is 0 Å². The topological polar surface area (TPSA) is 62.5 Å². The summed E-state index contributed by atoms with van der Waals surface area (Å²) in [6.07, 6.45) is 1.58. The van der Waals surface area contributed by atoms with E-state index in [-0.39, 0.29) is 5.78 Å². The molecule has 1 aromatic heterocycles. The third-order valence-corrected chi connectivity index (χ3v) is 3.44. The van der Waals surface area contributed by atoms with Crippen molar-refractivity contribution < 1.29 is 4.79 Å². The molecule has 0 saturated carbocycles. The van der Waals surface area contributed by atoms with E-state index in [9.17, 15) is 4.79 Å². The number of carbonyl (C=O) groups is 1. The molecule has 0 atom stereocenters. The van der Waals surface area contributed by atoms with E-state index in [1.165, 1.54) is 6.92 Å². The second-order valence-electron chi connectivity index (χ2n) is 4.61. The van der Waals surface area contributed by atoms with E-state index in [1.807, 2.05) is 0 Å². The van der Waals surface area contributed by atoms with Gasteiger partial charge in [0.15, 0.2) is 5.78 Å². The van der Waals surface area contributed by atoms with Crippen LogP contribution in [0, 0.1) is 0 Å². The Bertz CT molecular complexity index is 439. The summed E-state index contributed by atoms with van der Waals surface area (Å²) in [5, 5.41) is 0. The fourth-order valence-corrected chi connectivity index (χ4v) is 2.23. The van der Waals surface area contributed by atoms with Crippen LogP contribution in [0.25, 0.3) is 0 Å². The number of nitrogens with two attached hydrogens (primary N) is 1. The molecule has 2 heterocycles. The quantitative estimate of drug-likeness (QED) is 0.809. The molecule has 0 bridgehead atoms. The van der Waals surface area contributed by atoms with Crippen LogP contribution < -0.4 is 10.6 Å². The van der Waals surface area contributed by atoms with Crippen LogP contribution in [-0.2, 0) is 0 Å². The molecule has 1 fully saturated rings. The number of rotatable bonds is 3. The zero-order valence-corrected chi connectivity index (χ0v) is 11.0. The van der Waals surface area contributed by atoms with E-state index in [2.05, 4.69) is 21.7 Å². The fraction of sp³-hybridized carbons (Fsp3) is 0.538. The molecular weight excluding hydrogens is 228 g/mol. The molecule has 0 unspecified atom stereocenters. The Morgan fingerprint density at radius 1 is 1.39 bits per heavy atom. The van der Waals surface area contributed by atoms with Crippen LogP contribution in [0.3, 0.4) is 0 Å². The number of pyridine rings is 1. The number of nitrogen functional groups attached to an aromatic ring is 1. The Morgan fingerprint density at radius 3 is 2.61 bits per heavy atom. The van der Waals surface area contributed by atoms with Gasteiger partial charge in [0, 0.05) is 31.7 Å². The minimum atomic E-state index is -0.0108. The van der Waals surface area contributed by atoms with E-state index in [0.29, 0.717) is 11.3 Å². The van der Waals surface area contributed by atoms with Crippen LogP contribution in [0.5, 0.6) is 0 Å². The lowest BCUT2D eigenvalue weighted by Crippen LogP contribution is -2.46. The van der Waals surface area contributed by atoms with Gasteiger partial charge in [-0.05, 0) is 19.5 Å². The monoisotopic (exact) mass is 248 g/mol. The summed E-state index contributed by atoms with van der Waals surface area (Å²) in [7, 11) is 0. The Labute approximate surface area is 108 Å². The molecule has 0 aromatic carbocycles. The predicted molar refractivity (Wildman–Crippen MR) is 73.0 cm³/mol. The zero-order chi connectivity index (χ0) is 13.1. The van der Waals surface area contributed by atoms with Crippen LogP contribution >= 0.6 is 0 Å². The first-order valence-electron chi connectivity index (χ1n) is 6.35. The van der Waals surface area contributed by atoms with E-state index in [0.717, 1.165) is 38.5 Å². The summed E-state index contributed by atoms with van der Waals surface area (Å²) in [6, 6.07) is 1.80. The van der Waals surface area contributed by atoms with Crippen LogP contribution in [0.2, 0.25) is 0 Å². The molecule has 0 aliphatic carbocycles. The number of anilines is 2. The standard InChI is InChI=1S/C13H20N4O/c1-3-16-4-6-17(7-5-16)13-8-11(10(2)18)12(14)9-15-13/h8-9H,3-7,14H2,1-2H3. The van der Waals surface area contributed by atoms with Crippen molar-refractivity contribution in [2.24, 2.45) is 0 Å². The molecule has 0 amide bonds. The highest BCUT2D eigenvalue weighted by Gasteiger charge is 2.18. The van der Waals surface area contributed by atoms with Crippen LogP contribution in [0.15, 0.2) is 12.3 Å². The highest BCUT2D eigenvalue weighted by Crippen LogP contribution is 2.19. The van der Waals surface area contributed by atoms with E-state index < -0.39 is 0 Å². The highest BCUT2D eigenvalue weighted by atomic mass is 16.1. The second kappa shape index (κ2) is 5.35. The Morgan fingerprint density at radius 2 is 2.06 bits per heavy atom. The Balaban J connectivity index is 2.15. The predicted octanol–water partition coefficient (Wildman–Crippen LogP) is 1.01. The Kier molecular flexibility index (Phi) is 3.81. The van der Waals surface area contributed by atoms with Crippen molar-refractivity contribution in [1.82, 2.24) is 9.88 Å². The number of nitrogens with zero attached hydrogens (tertiary/aromatic N) is 3. The molecule has 1 saturated heterocycles. The molecule has 18 heavy (non-hydrogen) atoms. The molecule has 5 nitrogen and oxygen atoms in total. The van der Waals surface area contributed by atoms with Crippen LogP contribution in [-0.4, -0.2) is 48.4 Å². The van der Waals surface area contributed by atoms with E-state index in [1.54, 1.807) is 12.3 Å². The van der Waals surface area contributed by atoms with Crippen molar-refractivity contribution in [1.29, 1.82) is 0 Å². The maximum Gasteiger partial charge on any atom is 0.162 e. The van der Waals surface area contributed by atoms with Crippen molar-refractivity contribution in [2.45, 2.75) is 13.8 Å². The Hall–Kier alpha value is -1.62. The SMILES string of the molecule is CCN1CCN(c2cc(C(C)=O)c(N)cn2)CC1. The first-order chi connectivity index (χ1) is 8.61. The van der Waals surface area contributed by atoms with Gasteiger partial charge in [-0.1, -0.05) is 6.92 Å². The van der Waals surface area contributed by atoms with Gasteiger partial charge in [-0.25, -0.2) is 4.98 Å². The normalized spacial score (nSPS) is 16.9. The number of hydrogen-bond donors (Lipinski definition) is 1. The molecular formula is C13H20N4O. The molecule has 98 valence electrons. The summed E-state index contributed by atoms with van der Waals surface area (Å²) >= 11 is 0. The van der Waals surface area contributed by atoms with Crippen LogP contribution in [0.1, 0.15) is 24.2 Å². The van der Waals surface area contributed by atoms with Gasteiger partial charge < -0.3 is 15.5 Å². The van der Waals surface area contributed by atoms with E-state index >= 15 is 0 Å². The van der Waals surface area contributed by atoms with Crippen molar-refractivity contribution in [3.05, 3.63) is 17.8 Å². The van der Waals surface area contributed by atoms with Gasteiger partial charge in [-0.3, -0.25) is 4.79 Å². The van der Waals surface area contributed by atoms with Crippen molar-refractivity contribution >= 4 is 17.3 Å². The molecule has 0 spiro atoms. The van der Waals surface area contributed by atoms with Gasteiger partial charge in [-0.2, -0.15) is 0 Å². The summed E-state index contributed by atoms with van der Waals surface area (Å²) in [4.78, 5) is 20.4. The van der Waals surface area contributed by atoms with Crippen molar-refractivity contribution in [3.63, 3.8) is 0 Å². The van der Waals surface area contributed by atoms with Crippen LogP contribution in [0.4, 0.5) is 11.5 Å². The molecule has 1 aromatic rings. The number of carbonyl (C=O) groups excluding carboxylic acids is 1. The summed E-state index contributed by atoms with van der Waals surface area (Å²) in [6.45, 7) is 8.76. The third kappa shape index (κ3) is 2.61. The van der Waals surface area contributed by atoms with Gasteiger partial charge in [0.05, 0.1) is 11.9 Å². The van der Waals surface area contributed by atoms with E-state index in [4.69, 9.17) is 5.73 Å². The number of likely N-dealkylation sites (N-methyl/N-ethyl adjacent to an activating group) is 1. The minimum Gasteiger partial charge on any atom is -0.397 e. The lowest BCUT2D eigenvalue weighted by molar-refractivity contribution is 0.101. The van der Waals surface area contributed by atoms with Gasteiger partial charge in [0.1, 0.15) is 5.82 Å². The number of piperazine rings is 1. The summed E-state index contributed by atoms with van der Waals surface area (Å²) in [5.41, 5.74) is 6.78. The molecule has 1 aliphatic rings. The minimum absolute atomic E-state index is 0.0108. The first-order valence-corrected chi connectivity index (χ1v) is 6.35. The molecule has 2 N–H and O–H groups in total. The molecule has 0 radical (unpaired) electrons. The number of Topliss-reactive ketones (excluding diaryl/α,β-unsaturated/α-hetero) is 1. The average Bonchev–Trinajstić information content (AvgIpc) is 2.39. The molecule has 2 rings (SSSR count). The average molecular weight is 248 g/mol. The fourth-order valence-electron chi connectivity index (χ4n) is 2.23. The zero-order valence-electron chi connectivity index (χ0n) is 11.0.